The largest absolute Gasteiger partial charge is 0.497 e. The van der Waals surface area contributed by atoms with Gasteiger partial charge in [0.1, 0.15) is 18.1 Å². The van der Waals surface area contributed by atoms with Crippen LogP contribution in [-0.4, -0.2) is 26.2 Å². The molecule has 0 atom stereocenters. The second-order valence-electron chi connectivity index (χ2n) is 7.49. The van der Waals surface area contributed by atoms with Crippen LogP contribution in [0.15, 0.2) is 78.9 Å². The van der Waals surface area contributed by atoms with E-state index in [0.717, 1.165) is 22.6 Å². The number of carbonyl (C=O) groups excluding carboxylic acids is 1. The number of carbonyl (C=O) groups is 1. The summed E-state index contributed by atoms with van der Waals surface area (Å²) in [7, 11) is 1.63. The summed E-state index contributed by atoms with van der Waals surface area (Å²) in [4.78, 5) is 13.0. The van der Waals surface area contributed by atoms with Crippen molar-refractivity contribution in [2.75, 3.05) is 20.3 Å². The van der Waals surface area contributed by atoms with E-state index in [9.17, 15) is 4.79 Å². The molecule has 0 aliphatic heterocycles. The van der Waals surface area contributed by atoms with Gasteiger partial charge in [-0.2, -0.15) is 0 Å². The van der Waals surface area contributed by atoms with Crippen LogP contribution in [0.1, 0.15) is 36.5 Å². The summed E-state index contributed by atoms with van der Waals surface area (Å²) in [6.07, 6.45) is 1.89. The van der Waals surface area contributed by atoms with E-state index in [-0.39, 0.29) is 5.91 Å². The third-order valence-electron chi connectivity index (χ3n) is 4.94. The lowest BCUT2D eigenvalue weighted by atomic mass is 10.0. The van der Waals surface area contributed by atoms with Crippen LogP contribution in [0, 0.1) is 0 Å². The molecule has 31 heavy (non-hydrogen) atoms. The number of hydrogen-bond acceptors (Lipinski definition) is 3. The molecule has 0 unspecified atom stereocenters. The molecule has 0 bridgehead atoms. The highest BCUT2D eigenvalue weighted by Crippen LogP contribution is 2.25. The van der Waals surface area contributed by atoms with E-state index in [1.165, 1.54) is 5.56 Å². The second-order valence-corrected chi connectivity index (χ2v) is 7.49. The van der Waals surface area contributed by atoms with E-state index in [4.69, 9.17) is 9.47 Å². The number of nitrogens with one attached hydrogen (secondary N) is 1. The van der Waals surface area contributed by atoms with E-state index in [1.807, 2.05) is 78.9 Å². The van der Waals surface area contributed by atoms with Crippen molar-refractivity contribution in [3.63, 3.8) is 0 Å². The van der Waals surface area contributed by atoms with Gasteiger partial charge in [-0.25, -0.2) is 0 Å². The van der Waals surface area contributed by atoms with E-state index >= 15 is 0 Å². The summed E-state index contributed by atoms with van der Waals surface area (Å²) in [6, 6.07) is 25.3. The highest BCUT2D eigenvalue weighted by atomic mass is 16.5. The lowest BCUT2D eigenvalue weighted by molar-refractivity contribution is -0.115. The quantitative estimate of drug-likeness (QED) is 0.283. The highest BCUT2D eigenvalue weighted by molar-refractivity contribution is 6.24. The predicted octanol–water partition coefficient (Wildman–Crippen LogP) is 5.55. The molecule has 0 heterocycles. The molecule has 0 aromatic heterocycles. The Kier molecular flexibility index (Phi) is 7.88. The Morgan fingerprint density at radius 1 is 0.935 bits per heavy atom. The molecular weight excluding hydrogens is 386 g/mol. The topological polar surface area (TPSA) is 47.6 Å². The van der Waals surface area contributed by atoms with Crippen molar-refractivity contribution < 1.29 is 14.3 Å². The first-order valence-corrected chi connectivity index (χ1v) is 10.5. The van der Waals surface area contributed by atoms with Crippen molar-refractivity contribution >= 4 is 17.6 Å². The van der Waals surface area contributed by atoms with E-state index in [1.54, 1.807) is 7.11 Å². The summed E-state index contributed by atoms with van der Waals surface area (Å²) in [5, 5.41) is 2.99. The van der Waals surface area contributed by atoms with Crippen LogP contribution in [-0.2, 0) is 4.79 Å². The minimum absolute atomic E-state index is 0.136. The Morgan fingerprint density at radius 3 is 2.29 bits per heavy atom. The van der Waals surface area contributed by atoms with Crippen LogP contribution in [0.2, 0.25) is 0 Å². The fourth-order valence-electron chi connectivity index (χ4n) is 3.27. The number of amides is 1. The van der Waals surface area contributed by atoms with Crippen LogP contribution in [0.25, 0.3) is 11.6 Å². The van der Waals surface area contributed by atoms with Crippen LogP contribution in [0.4, 0.5) is 0 Å². The molecule has 1 N–H and O–H groups in total. The maximum absolute atomic E-state index is 13.0. The van der Waals surface area contributed by atoms with E-state index in [2.05, 4.69) is 25.2 Å². The SMILES string of the molecule is COc1ccc(/C=C(/C(=O)NCCOc2ccccc2C(C)C)c2ccccc2)cc1. The average molecular weight is 416 g/mol. The molecule has 0 radical (unpaired) electrons. The predicted molar refractivity (Wildman–Crippen MR) is 126 cm³/mol. The Bertz CT molecular complexity index is 1010. The minimum atomic E-state index is -0.136. The monoisotopic (exact) mass is 415 g/mol. The Labute approximate surface area is 184 Å². The van der Waals surface area contributed by atoms with Gasteiger partial charge in [0.15, 0.2) is 0 Å². The van der Waals surface area contributed by atoms with Crippen LogP contribution >= 0.6 is 0 Å². The lowest BCUT2D eigenvalue weighted by Crippen LogP contribution is -2.29. The smallest absolute Gasteiger partial charge is 0.252 e. The van der Waals surface area contributed by atoms with Gasteiger partial charge in [0.05, 0.1) is 13.7 Å². The molecule has 4 nitrogen and oxygen atoms in total. The van der Waals surface area contributed by atoms with E-state index < -0.39 is 0 Å². The number of ether oxygens (including phenoxy) is 2. The first-order chi connectivity index (χ1) is 15.1. The van der Waals surface area contributed by atoms with Gasteiger partial charge in [-0.05, 0) is 46.9 Å². The molecule has 0 aliphatic rings. The first kappa shape index (κ1) is 22.2. The highest BCUT2D eigenvalue weighted by Gasteiger charge is 2.12. The van der Waals surface area contributed by atoms with Crippen molar-refractivity contribution in [2.45, 2.75) is 19.8 Å². The van der Waals surface area contributed by atoms with Crippen molar-refractivity contribution in [3.8, 4) is 11.5 Å². The van der Waals surface area contributed by atoms with Crippen molar-refractivity contribution in [3.05, 3.63) is 95.6 Å². The second kappa shape index (κ2) is 11.0. The molecule has 0 saturated carbocycles. The maximum Gasteiger partial charge on any atom is 0.252 e. The van der Waals surface area contributed by atoms with Gasteiger partial charge in [0.2, 0.25) is 0 Å². The number of methoxy groups -OCH3 is 1. The van der Waals surface area contributed by atoms with Gasteiger partial charge < -0.3 is 14.8 Å². The summed E-state index contributed by atoms with van der Waals surface area (Å²) in [6.45, 7) is 5.10. The van der Waals surface area contributed by atoms with Crippen LogP contribution < -0.4 is 14.8 Å². The zero-order chi connectivity index (χ0) is 22.1. The molecule has 3 rings (SSSR count). The number of rotatable bonds is 9. The fraction of sp³-hybridized carbons (Fsp3) is 0.222. The molecule has 160 valence electrons. The fourth-order valence-corrected chi connectivity index (χ4v) is 3.27. The molecule has 3 aromatic carbocycles. The van der Waals surface area contributed by atoms with E-state index in [0.29, 0.717) is 24.6 Å². The van der Waals surface area contributed by atoms with Gasteiger partial charge in [0.25, 0.3) is 5.91 Å². The minimum Gasteiger partial charge on any atom is -0.497 e. The van der Waals surface area contributed by atoms with Gasteiger partial charge in [0, 0.05) is 5.57 Å². The Hall–Kier alpha value is -3.53. The summed E-state index contributed by atoms with van der Waals surface area (Å²) < 4.78 is 11.1. The first-order valence-electron chi connectivity index (χ1n) is 10.5. The van der Waals surface area contributed by atoms with Crippen molar-refractivity contribution in [2.24, 2.45) is 0 Å². The molecule has 0 spiro atoms. The standard InChI is InChI=1S/C27H29NO3/c1-20(2)24-11-7-8-12-26(24)31-18-17-28-27(29)25(22-9-5-4-6-10-22)19-21-13-15-23(30-3)16-14-21/h4-16,19-20H,17-18H2,1-3H3,(H,28,29)/b25-19+. The van der Waals surface area contributed by atoms with Crippen molar-refractivity contribution in [1.29, 1.82) is 0 Å². The van der Waals surface area contributed by atoms with Gasteiger partial charge in [-0.15, -0.1) is 0 Å². The summed E-state index contributed by atoms with van der Waals surface area (Å²) in [5.74, 6) is 1.89. The van der Waals surface area contributed by atoms with Gasteiger partial charge in [-0.1, -0.05) is 74.5 Å². The number of benzene rings is 3. The Morgan fingerprint density at radius 2 is 1.61 bits per heavy atom. The number of hydrogen-bond donors (Lipinski definition) is 1. The van der Waals surface area contributed by atoms with Gasteiger partial charge in [-0.3, -0.25) is 4.79 Å². The molecule has 4 heteroatoms. The molecule has 0 aliphatic carbocycles. The van der Waals surface area contributed by atoms with Crippen molar-refractivity contribution in [1.82, 2.24) is 5.32 Å². The zero-order valence-electron chi connectivity index (χ0n) is 18.3. The molecule has 0 fully saturated rings. The molecular formula is C27H29NO3. The molecule has 3 aromatic rings. The lowest BCUT2D eigenvalue weighted by Gasteiger charge is -2.14. The Balaban J connectivity index is 1.68. The third-order valence-corrected chi connectivity index (χ3v) is 4.94. The third kappa shape index (κ3) is 6.22. The molecule has 1 amide bonds. The van der Waals surface area contributed by atoms with Crippen LogP contribution in [0.5, 0.6) is 11.5 Å². The maximum atomic E-state index is 13.0. The zero-order valence-corrected chi connectivity index (χ0v) is 18.3. The summed E-state index contributed by atoms with van der Waals surface area (Å²) >= 11 is 0. The number of para-hydroxylation sites is 1. The average Bonchev–Trinajstić information content (AvgIpc) is 2.81. The normalized spacial score (nSPS) is 11.3. The van der Waals surface area contributed by atoms with Crippen LogP contribution in [0.3, 0.4) is 0 Å². The molecule has 0 saturated heterocycles. The summed E-state index contributed by atoms with van der Waals surface area (Å²) in [5.41, 5.74) is 3.56. The van der Waals surface area contributed by atoms with Gasteiger partial charge >= 0.3 is 0 Å².